The van der Waals surface area contributed by atoms with Gasteiger partial charge in [0.2, 0.25) is 0 Å². The average Bonchev–Trinajstić information content (AvgIpc) is 3.32. The maximum atomic E-state index is 12.6. The Morgan fingerprint density at radius 3 is 2.41 bits per heavy atom. The molecule has 7 nitrogen and oxygen atoms in total. The molecule has 3 aromatic rings. The van der Waals surface area contributed by atoms with Gasteiger partial charge in [0.05, 0.1) is 18.4 Å². The minimum Gasteiger partial charge on any atom is -0.465 e. The lowest BCUT2D eigenvalue weighted by Gasteiger charge is -2.10. The molecule has 2 heterocycles. The number of hydrogen-bond donors (Lipinski definition) is 1. The zero-order valence-corrected chi connectivity index (χ0v) is 15.4. The number of nitrogens with zero attached hydrogens (tertiary/aromatic N) is 1. The van der Waals surface area contributed by atoms with Crippen molar-refractivity contribution in [2.24, 2.45) is 0 Å². The summed E-state index contributed by atoms with van der Waals surface area (Å²) in [5.74, 6) is 0.0991. The van der Waals surface area contributed by atoms with Crippen molar-refractivity contribution in [3.63, 3.8) is 0 Å². The Bertz CT molecular complexity index is 1110. The molecule has 29 heavy (non-hydrogen) atoms. The first-order valence-corrected chi connectivity index (χ1v) is 8.77. The highest BCUT2D eigenvalue weighted by Gasteiger charge is 2.34. The van der Waals surface area contributed by atoms with Gasteiger partial charge in [-0.15, -0.1) is 0 Å². The molecule has 4 rings (SSSR count). The van der Waals surface area contributed by atoms with E-state index in [0.29, 0.717) is 22.8 Å². The summed E-state index contributed by atoms with van der Waals surface area (Å²) in [7, 11) is 1.32. The predicted octanol–water partition coefficient (Wildman–Crippen LogP) is 3.83. The lowest BCUT2D eigenvalue weighted by atomic mass is 10.1. The molecule has 0 saturated carbocycles. The van der Waals surface area contributed by atoms with Crippen molar-refractivity contribution in [1.29, 1.82) is 0 Å². The average molecular weight is 388 g/mol. The molecule has 1 fully saturated rings. The number of anilines is 1. The van der Waals surface area contributed by atoms with Gasteiger partial charge in [-0.1, -0.05) is 30.3 Å². The van der Waals surface area contributed by atoms with Crippen molar-refractivity contribution in [3.05, 3.63) is 83.8 Å². The van der Waals surface area contributed by atoms with Crippen LogP contribution >= 0.6 is 0 Å². The second-order valence-electron chi connectivity index (χ2n) is 6.24. The number of benzene rings is 2. The maximum Gasteiger partial charge on any atom is 0.337 e. The summed E-state index contributed by atoms with van der Waals surface area (Å²) in [5.41, 5.74) is 1.81. The molecule has 1 aliphatic heterocycles. The topological polar surface area (TPSA) is 88.9 Å². The number of rotatable bonds is 4. The standard InChI is InChI=1S/C22H16N2O5/c1-28-21(26)15-9-7-14(8-10-15)19-12-11-17(29-19)13-18-20(25)24(22(27)23-18)16-5-3-2-4-6-16/h2-13H,1H3,(H,23,27)/b18-13+. The number of imide groups is 1. The fourth-order valence-corrected chi connectivity index (χ4v) is 2.96. The van der Waals surface area contributed by atoms with Crippen LogP contribution in [0.4, 0.5) is 10.5 Å². The van der Waals surface area contributed by atoms with Crippen molar-refractivity contribution in [2.75, 3.05) is 12.0 Å². The van der Waals surface area contributed by atoms with Crippen molar-refractivity contribution in [3.8, 4) is 11.3 Å². The van der Waals surface area contributed by atoms with E-state index in [-0.39, 0.29) is 5.70 Å². The van der Waals surface area contributed by atoms with E-state index in [2.05, 4.69) is 10.1 Å². The first-order chi connectivity index (χ1) is 14.1. The molecule has 3 amide bonds. The highest BCUT2D eigenvalue weighted by Crippen LogP contribution is 2.26. The van der Waals surface area contributed by atoms with Gasteiger partial charge in [-0.25, -0.2) is 14.5 Å². The van der Waals surface area contributed by atoms with Crippen LogP contribution in [0.3, 0.4) is 0 Å². The Labute approximate surface area is 166 Å². The number of furan rings is 1. The molecule has 2 aromatic carbocycles. The third-order valence-corrected chi connectivity index (χ3v) is 4.40. The molecule has 0 atom stereocenters. The van der Waals surface area contributed by atoms with E-state index < -0.39 is 17.9 Å². The van der Waals surface area contributed by atoms with Crippen molar-refractivity contribution in [1.82, 2.24) is 5.32 Å². The van der Waals surface area contributed by atoms with Crippen molar-refractivity contribution < 1.29 is 23.5 Å². The van der Waals surface area contributed by atoms with E-state index >= 15 is 0 Å². The van der Waals surface area contributed by atoms with Crippen LogP contribution in [0.15, 0.2) is 76.8 Å². The Morgan fingerprint density at radius 1 is 1.00 bits per heavy atom. The number of amides is 3. The highest BCUT2D eigenvalue weighted by molar-refractivity contribution is 6.28. The minimum atomic E-state index is -0.516. The third kappa shape index (κ3) is 3.53. The first-order valence-electron chi connectivity index (χ1n) is 8.77. The number of hydrogen-bond acceptors (Lipinski definition) is 5. The fourth-order valence-electron chi connectivity index (χ4n) is 2.96. The van der Waals surface area contributed by atoms with Crippen LogP contribution in [0.1, 0.15) is 16.1 Å². The van der Waals surface area contributed by atoms with Gasteiger partial charge in [0.25, 0.3) is 5.91 Å². The number of carbonyl (C=O) groups excluding carboxylic acids is 3. The monoisotopic (exact) mass is 388 g/mol. The van der Waals surface area contributed by atoms with Crippen LogP contribution in [-0.4, -0.2) is 25.0 Å². The van der Waals surface area contributed by atoms with E-state index in [1.807, 2.05) is 0 Å². The van der Waals surface area contributed by atoms with E-state index in [0.717, 1.165) is 10.5 Å². The van der Waals surface area contributed by atoms with Crippen LogP contribution < -0.4 is 10.2 Å². The van der Waals surface area contributed by atoms with E-state index in [9.17, 15) is 14.4 Å². The SMILES string of the molecule is COC(=O)c1ccc(-c2ccc(/C=C3/NC(=O)N(c4ccccc4)C3=O)o2)cc1. The highest BCUT2D eigenvalue weighted by atomic mass is 16.5. The Morgan fingerprint density at radius 2 is 1.72 bits per heavy atom. The van der Waals surface area contributed by atoms with E-state index in [1.54, 1.807) is 66.7 Å². The van der Waals surface area contributed by atoms with Crippen molar-refractivity contribution >= 4 is 29.7 Å². The van der Waals surface area contributed by atoms with Gasteiger partial charge < -0.3 is 14.5 Å². The molecule has 144 valence electrons. The van der Waals surface area contributed by atoms with Gasteiger partial charge in [0.1, 0.15) is 17.2 Å². The lowest BCUT2D eigenvalue weighted by molar-refractivity contribution is -0.113. The largest absolute Gasteiger partial charge is 0.465 e. The zero-order valence-electron chi connectivity index (χ0n) is 15.4. The molecule has 0 spiro atoms. The normalized spacial score (nSPS) is 14.9. The summed E-state index contributed by atoms with van der Waals surface area (Å²) in [5, 5.41) is 2.56. The smallest absolute Gasteiger partial charge is 0.337 e. The fraction of sp³-hybridized carbons (Fsp3) is 0.0455. The Balaban J connectivity index is 1.56. The molecule has 0 aliphatic carbocycles. The molecule has 1 aliphatic rings. The number of methoxy groups -OCH3 is 1. The predicted molar refractivity (Wildman–Crippen MR) is 106 cm³/mol. The van der Waals surface area contributed by atoms with Crippen LogP contribution in [-0.2, 0) is 9.53 Å². The number of para-hydroxylation sites is 1. The van der Waals surface area contributed by atoms with Crippen LogP contribution in [0.25, 0.3) is 17.4 Å². The van der Waals surface area contributed by atoms with Gasteiger partial charge in [-0.3, -0.25) is 4.79 Å². The number of urea groups is 1. The number of nitrogens with one attached hydrogen (secondary N) is 1. The quantitative estimate of drug-likeness (QED) is 0.417. The third-order valence-electron chi connectivity index (χ3n) is 4.40. The summed E-state index contributed by atoms with van der Waals surface area (Å²) in [4.78, 5) is 37.4. The van der Waals surface area contributed by atoms with Gasteiger partial charge in [-0.2, -0.15) is 0 Å². The van der Waals surface area contributed by atoms with Crippen molar-refractivity contribution in [2.45, 2.75) is 0 Å². The zero-order chi connectivity index (χ0) is 20.4. The van der Waals surface area contributed by atoms with Gasteiger partial charge >= 0.3 is 12.0 Å². The van der Waals surface area contributed by atoms with Crippen LogP contribution in [0, 0.1) is 0 Å². The van der Waals surface area contributed by atoms with Gasteiger partial charge in [0.15, 0.2) is 0 Å². The molecule has 7 heteroatoms. The molecule has 1 aromatic heterocycles. The number of esters is 1. The van der Waals surface area contributed by atoms with E-state index in [4.69, 9.17) is 4.42 Å². The summed E-state index contributed by atoms with van der Waals surface area (Å²) >= 11 is 0. The van der Waals surface area contributed by atoms with Gasteiger partial charge in [-0.05, 0) is 36.4 Å². The molecule has 1 saturated heterocycles. The first kappa shape index (κ1) is 18.2. The molecule has 0 radical (unpaired) electrons. The summed E-state index contributed by atoms with van der Waals surface area (Å²) in [6.45, 7) is 0. The summed E-state index contributed by atoms with van der Waals surface area (Å²) in [6, 6.07) is 18.4. The maximum absolute atomic E-state index is 12.6. The van der Waals surface area contributed by atoms with Crippen LogP contribution in [0.2, 0.25) is 0 Å². The minimum absolute atomic E-state index is 0.126. The summed E-state index contributed by atoms with van der Waals surface area (Å²) < 4.78 is 10.4. The molecule has 0 unspecified atom stereocenters. The molecular formula is C22H16N2O5. The molecular weight excluding hydrogens is 372 g/mol. The second kappa shape index (κ2) is 7.47. The van der Waals surface area contributed by atoms with E-state index in [1.165, 1.54) is 13.2 Å². The Kier molecular flexibility index (Phi) is 4.70. The number of carbonyl (C=O) groups is 3. The second-order valence-corrected chi connectivity index (χ2v) is 6.24. The lowest BCUT2D eigenvalue weighted by Crippen LogP contribution is -2.30. The van der Waals surface area contributed by atoms with Gasteiger partial charge in [0, 0.05) is 11.6 Å². The molecule has 1 N–H and O–H groups in total. The molecule has 0 bridgehead atoms. The Hall–Kier alpha value is -4.13. The summed E-state index contributed by atoms with van der Waals surface area (Å²) in [6.07, 6.45) is 1.48. The van der Waals surface area contributed by atoms with Crippen LogP contribution in [0.5, 0.6) is 0 Å². The number of ether oxygens (including phenoxy) is 1.